The molecule has 94 valence electrons. The van der Waals surface area contributed by atoms with Gasteiger partial charge in [-0.1, -0.05) is 23.3 Å². The van der Waals surface area contributed by atoms with E-state index in [1.807, 2.05) is 32.0 Å². The van der Waals surface area contributed by atoms with Crippen LogP contribution in [-0.2, 0) is 4.79 Å². The van der Waals surface area contributed by atoms with Gasteiger partial charge in [-0.25, -0.2) is 0 Å². The molecule has 0 aliphatic heterocycles. The minimum atomic E-state index is 0.629. The summed E-state index contributed by atoms with van der Waals surface area (Å²) in [6.45, 7) is 7.74. The quantitative estimate of drug-likeness (QED) is 0.432. The van der Waals surface area contributed by atoms with E-state index < -0.39 is 0 Å². The average Bonchev–Trinajstić information content (AvgIpc) is 2.34. The van der Waals surface area contributed by atoms with Crippen molar-refractivity contribution in [3.63, 3.8) is 0 Å². The van der Waals surface area contributed by atoms with Gasteiger partial charge in [-0.05, 0) is 50.0 Å². The second kappa shape index (κ2) is 6.70. The molecule has 0 heterocycles. The topological polar surface area (TPSA) is 34.1 Å². The van der Waals surface area contributed by atoms with Gasteiger partial charge in [-0.15, -0.1) is 6.58 Å². The van der Waals surface area contributed by atoms with E-state index in [0.717, 1.165) is 47.7 Å². The third-order valence-corrected chi connectivity index (χ3v) is 2.77. The lowest BCUT2D eigenvalue weighted by Crippen LogP contribution is -1.95. The molecule has 0 fully saturated rings. The van der Waals surface area contributed by atoms with Crippen LogP contribution in [0.15, 0.2) is 36.4 Å². The Labute approximate surface area is 108 Å². The smallest absolute Gasteiger partial charge is 0.150 e. The monoisotopic (exact) mass is 242 g/mol. The summed E-state index contributed by atoms with van der Waals surface area (Å²) in [6.07, 6.45) is 4.66. The molecular weight excluding hydrogens is 224 g/mol. The Hall–Kier alpha value is -1.96. The highest BCUT2D eigenvalue weighted by atomic mass is 16.1. The molecule has 2 heteroatoms. The molecule has 0 saturated heterocycles. The number of hydrogen-bond acceptors (Lipinski definition) is 2. The van der Waals surface area contributed by atoms with Crippen molar-refractivity contribution in [1.29, 1.82) is 0 Å². The first kappa shape index (κ1) is 14.1. The van der Waals surface area contributed by atoms with E-state index in [2.05, 4.69) is 6.58 Å². The lowest BCUT2D eigenvalue weighted by atomic mass is 9.94. The van der Waals surface area contributed by atoms with Crippen molar-refractivity contribution >= 4 is 18.1 Å². The largest absolute Gasteiger partial charge is 0.299 e. The molecule has 0 spiro atoms. The van der Waals surface area contributed by atoms with Crippen molar-refractivity contribution in [2.45, 2.75) is 26.7 Å². The van der Waals surface area contributed by atoms with Gasteiger partial charge in [0.2, 0.25) is 0 Å². The Morgan fingerprint density at radius 1 is 1.28 bits per heavy atom. The van der Waals surface area contributed by atoms with E-state index in [-0.39, 0.29) is 0 Å². The maximum absolute atomic E-state index is 11.1. The highest BCUT2D eigenvalue weighted by molar-refractivity contribution is 5.90. The fourth-order valence-corrected chi connectivity index (χ4v) is 1.81. The number of carbonyl (C=O) groups is 2. The maximum Gasteiger partial charge on any atom is 0.150 e. The summed E-state index contributed by atoms with van der Waals surface area (Å²) in [5.74, 6) is 0. The van der Waals surface area contributed by atoms with Crippen LogP contribution in [0.5, 0.6) is 0 Å². The summed E-state index contributed by atoms with van der Waals surface area (Å²) in [4.78, 5) is 21.8. The molecule has 2 nitrogen and oxygen atoms in total. The maximum atomic E-state index is 11.1. The lowest BCUT2D eigenvalue weighted by molar-refractivity contribution is -0.104. The Morgan fingerprint density at radius 3 is 2.56 bits per heavy atom. The molecule has 1 aromatic rings. The summed E-state index contributed by atoms with van der Waals surface area (Å²) in [7, 11) is 0. The van der Waals surface area contributed by atoms with Gasteiger partial charge in [-0.2, -0.15) is 0 Å². The van der Waals surface area contributed by atoms with Gasteiger partial charge >= 0.3 is 0 Å². The highest BCUT2D eigenvalue weighted by Crippen LogP contribution is 2.24. The van der Waals surface area contributed by atoms with E-state index in [1.165, 1.54) is 6.08 Å². The van der Waals surface area contributed by atoms with Gasteiger partial charge in [0.15, 0.2) is 6.29 Å². The molecular formula is C16H18O2. The van der Waals surface area contributed by atoms with Crippen molar-refractivity contribution in [1.82, 2.24) is 0 Å². The van der Waals surface area contributed by atoms with Gasteiger partial charge in [-0.3, -0.25) is 9.59 Å². The SMILES string of the molecule is C=C(C)CCC(=CC=O)c1ccc(C)cc1C=O. The first-order valence-electron chi connectivity index (χ1n) is 5.93. The van der Waals surface area contributed by atoms with Crippen LogP contribution in [0.4, 0.5) is 0 Å². The second-order valence-electron chi connectivity index (χ2n) is 4.49. The van der Waals surface area contributed by atoms with Crippen LogP contribution in [0.3, 0.4) is 0 Å². The standard InChI is InChI=1S/C16H18O2/c1-12(2)4-6-14(8-9-17)16-7-5-13(3)10-15(16)11-18/h5,7-11H,1,4,6H2,2-3H3. The summed E-state index contributed by atoms with van der Waals surface area (Å²) in [5, 5.41) is 0. The Morgan fingerprint density at radius 2 is 2.00 bits per heavy atom. The number of benzene rings is 1. The van der Waals surface area contributed by atoms with E-state index in [4.69, 9.17) is 0 Å². The van der Waals surface area contributed by atoms with Gasteiger partial charge < -0.3 is 0 Å². The first-order chi connectivity index (χ1) is 8.58. The van der Waals surface area contributed by atoms with Crippen LogP contribution < -0.4 is 0 Å². The number of hydrogen-bond donors (Lipinski definition) is 0. The minimum Gasteiger partial charge on any atom is -0.299 e. The summed E-state index contributed by atoms with van der Waals surface area (Å²) >= 11 is 0. The minimum absolute atomic E-state index is 0.629. The van der Waals surface area contributed by atoms with E-state index in [0.29, 0.717) is 5.56 Å². The molecule has 18 heavy (non-hydrogen) atoms. The van der Waals surface area contributed by atoms with Crippen LogP contribution in [0.25, 0.3) is 5.57 Å². The van der Waals surface area contributed by atoms with Crippen LogP contribution in [0.1, 0.15) is 41.3 Å². The molecule has 1 rings (SSSR count). The average molecular weight is 242 g/mol. The van der Waals surface area contributed by atoms with Crippen molar-refractivity contribution in [2.75, 3.05) is 0 Å². The van der Waals surface area contributed by atoms with Crippen molar-refractivity contribution in [2.24, 2.45) is 0 Å². The van der Waals surface area contributed by atoms with Crippen molar-refractivity contribution in [3.8, 4) is 0 Å². The Balaban J connectivity index is 3.13. The summed E-state index contributed by atoms with van der Waals surface area (Å²) in [5.41, 5.74) is 4.45. The molecule has 0 radical (unpaired) electrons. The van der Waals surface area contributed by atoms with Crippen LogP contribution in [-0.4, -0.2) is 12.6 Å². The molecule has 0 saturated carbocycles. The molecule has 0 aromatic heterocycles. The third-order valence-electron chi connectivity index (χ3n) is 2.77. The zero-order valence-corrected chi connectivity index (χ0v) is 10.9. The zero-order chi connectivity index (χ0) is 13.5. The molecule has 1 aromatic carbocycles. The first-order valence-corrected chi connectivity index (χ1v) is 5.93. The summed E-state index contributed by atoms with van der Waals surface area (Å²) in [6, 6.07) is 5.68. The fourth-order valence-electron chi connectivity index (χ4n) is 1.81. The van der Waals surface area contributed by atoms with Crippen molar-refractivity contribution in [3.05, 3.63) is 53.1 Å². The highest BCUT2D eigenvalue weighted by Gasteiger charge is 2.07. The van der Waals surface area contributed by atoms with Crippen molar-refractivity contribution < 1.29 is 9.59 Å². The predicted molar refractivity (Wildman–Crippen MR) is 74.7 cm³/mol. The fraction of sp³-hybridized carbons (Fsp3) is 0.250. The number of allylic oxidation sites excluding steroid dienone is 3. The Bertz CT molecular complexity index is 496. The number of aldehydes is 2. The van der Waals surface area contributed by atoms with Gasteiger partial charge in [0.05, 0.1) is 0 Å². The lowest BCUT2D eigenvalue weighted by Gasteiger charge is -2.10. The third kappa shape index (κ3) is 3.81. The molecule has 0 atom stereocenters. The second-order valence-corrected chi connectivity index (χ2v) is 4.49. The number of carbonyl (C=O) groups excluding carboxylic acids is 2. The van der Waals surface area contributed by atoms with E-state index in [1.54, 1.807) is 0 Å². The Kier molecular flexibility index (Phi) is 5.25. The molecule has 0 amide bonds. The number of rotatable bonds is 6. The number of aryl methyl sites for hydroxylation is 1. The molecule has 0 aliphatic rings. The van der Waals surface area contributed by atoms with E-state index >= 15 is 0 Å². The summed E-state index contributed by atoms with van der Waals surface area (Å²) < 4.78 is 0. The van der Waals surface area contributed by atoms with Gasteiger partial charge in [0.25, 0.3) is 0 Å². The normalized spacial score (nSPS) is 11.1. The van der Waals surface area contributed by atoms with Gasteiger partial charge in [0, 0.05) is 5.56 Å². The van der Waals surface area contributed by atoms with Gasteiger partial charge in [0.1, 0.15) is 6.29 Å². The molecule has 0 aliphatic carbocycles. The molecule has 0 N–H and O–H groups in total. The van der Waals surface area contributed by atoms with Crippen LogP contribution >= 0.6 is 0 Å². The van der Waals surface area contributed by atoms with Crippen LogP contribution in [0, 0.1) is 6.92 Å². The van der Waals surface area contributed by atoms with Crippen LogP contribution in [0.2, 0.25) is 0 Å². The molecule has 0 bridgehead atoms. The predicted octanol–water partition coefficient (Wildman–Crippen LogP) is 3.75. The van der Waals surface area contributed by atoms with E-state index in [9.17, 15) is 9.59 Å². The molecule has 0 unspecified atom stereocenters. The zero-order valence-electron chi connectivity index (χ0n) is 10.9.